The Kier molecular flexibility index (Phi) is 4.89. The van der Waals surface area contributed by atoms with Crippen LogP contribution >= 0.6 is 0 Å². The van der Waals surface area contributed by atoms with Crippen molar-refractivity contribution < 1.29 is 22.7 Å². The lowest BCUT2D eigenvalue weighted by Crippen LogP contribution is -2.50. The van der Waals surface area contributed by atoms with E-state index in [1.807, 2.05) is 0 Å². The smallest absolute Gasteiger partial charge is 0.410 e. The summed E-state index contributed by atoms with van der Waals surface area (Å²) in [7, 11) is 0. The molecule has 7 heteroatoms. The average molecular weight is 330 g/mol. The highest BCUT2D eigenvalue weighted by atomic mass is 19.2. The predicted molar refractivity (Wildman–Crippen MR) is 79.5 cm³/mol. The molecule has 1 fully saturated rings. The summed E-state index contributed by atoms with van der Waals surface area (Å²) in [5, 5.41) is 0. The van der Waals surface area contributed by atoms with Crippen LogP contribution in [0.2, 0.25) is 0 Å². The second-order valence-electron chi connectivity index (χ2n) is 6.77. The van der Waals surface area contributed by atoms with E-state index < -0.39 is 41.1 Å². The van der Waals surface area contributed by atoms with Crippen molar-refractivity contribution in [3.05, 3.63) is 35.1 Å². The van der Waals surface area contributed by atoms with Crippen LogP contribution in [-0.2, 0) is 4.74 Å². The first-order valence-electron chi connectivity index (χ1n) is 7.46. The van der Waals surface area contributed by atoms with Gasteiger partial charge in [-0.15, -0.1) is 0 Å². The first-order valence-corrected chi connectivity index (χ1v) is 7.46. The third-order valence-corrected chi connectivity index (χ3v) is 3.75. The van der Waals surface area contributed by atoms with Gasteiger partial charge in [-0.1, -0.05) is 0 Å². The molecule has 0 aromatic heterocycles. The van der Waals surface area contributed by atoms with Gasteiger partial charge in [-0.3, -0.25) is 0 Å². The second kappa shape index (κ2) is 6.39. The van der Waals surface area contributed by atoms with E-state index in [2.05, 4.69) is 0 Å². The minimum atomic E-state index is -1.23. The Bertz CT molecular complexity index is 602. The summed E-state index contributed by atoms with van der Waals surface area (Å²) in [4.78, 5) is 13.5. The summed E-state index contributed by atoms with van der Waals surface area (Å²) in [5.41, 5.74) is 5.45. The molecule has 1 heterocycles. The van der Waals surface area contributed by atoms with Crippen LogP contribution in [0.1, 0.15) is 38.7 Å². The van der Waals surface area contributed by atoms with E-state index in [1.54, 1.807) is 20.8 Å². The van der Waals surface area contributed by atoms with E-state index in [0.717, 1.165) is 6.07 Å². The Labute approximate surface area is 133 Å². The molecule has 1 amide bonds. The number of nitrogens with two attached hydrogens (primary N) is 1. The molecule has 1 saturated heterocycles. The molecule has 0 aliphatic carbocycles. The molecule has 4 nitrogen and oxygen atoms in total. The molecule has 2 rings (SSSR count). The number of ether oxygens (including phenoxy) is 1. The quantitative estimate of drug-likeness (QED) is 0.805. The number of rotatable bonds is 1. The molecule has 1 aromatic rings. The topological polar surface area (TPSA) is 55.6 Å². The lowest BCUT2D eigenvalue weighted by atomic mass is 9.85. The number of likely N-dealkylation sites (tertiary alicyclic amines) is 1. The van der Waals surface area contributed by atoms with Crippen molar-refractivity contribution in [3.63, 3.8) is 0 Å². The van der Waals surface area contributed by atoms with Crippen LogP contribution < -0.4 is 5.73 Å². The van der Waals surface area contributed by atoms with Gasteiger partial charge in [0.05, 0.1) is 0 Å². The van der Waals surface area contributed by atoms with Crippen LogP contribution in [0.4, 0.5) is 18.0 Å². The Morgan fingerprint density at radius 3 is 2.39 bits per heavy atom. The van der Waals surface area contributed by atoms with Gasteiger partial charge >= 0.3 is 6.09 Å². The Morgan fingerprint density at radius 2 is 1.83 bits per heavy atom. The summed E-state index contributed by atoms with van der Waals surface area (Å²) in [6.45, 7) is 5.75. The van der Waals surface area contributed by atoms with Crippen molar-refractivity contribution in [2.75, 3.05) is 13.1 Å². The van der Waals surface area contributed by atoms with Gasteiger partial charge in [-0.05, 0) is 38.8 Å². The average Bonchev–Trinajstić information content (AvgIpc) is 2.41. The molecule has 2 atom stereocenters. The first-order chi connectivity index (χ1) is 10.6. The molecule has 128 valence electrons. The van der Waals surface area contributed by atoms with Crippen LogP contribution in [0, 0.1) is 17.5 Å². The van der Waals surface area contributed by atoms with Gasteiger partial charge in [-0.2, -0.15) is 0 Å². The molecule has 23 heavy (non-hydrogen) atoms. The SMILES string of the molecule is CC(C)(C)OC(=O)N1CC[C@H](c2cc(F)c(F)cc2F)[C@@H](N)C1. The maximum Gasteiger partial charge on any atom is 0.410 e. The number of carbonyl (C=O) groups is 1. The summed E-state index contributed by atoms with van der Waals surface area (Å²) in [6, 6.07) is 0.784. The Balaban J connectivity index is 2.10. The van der Waals surface area contributed by atoms with Gasteiger partial charge in [-0.25, -0.2) is 18.0 Å². The van der Waals surface area contributed by atoms with E-state index in [-0.39, 0.29) is 12.1 Å². The third kappa shape index (κ3) is 4.16. The summed E-state index contributed by atoms with van der Waals surface area (Å²) < 4.78 is 45.6. The highest BCUT2D eigenvalue weighted by Gasteiger charge is 2.34. The summed E-state index contributed by atoms with van der Waals surface area (Å²) >= 11 is 0. The molecule has 0 radical (unpaired) electrons. The fourth-order valence-electron chi connectivity index (χ4n) is 2.68. The number of piperidine rings is 1. The van der Waals surface area contributed by atoms with E-state index in [1.165, 1.54) is 4.90 Å². The molecule has 0 saturated carbocycles. The third-order valence-electron chi connectivity index (χ3n) is 3.75. The first kappa shape index (κ1) is 17.6. The summed E-state index contributed by atoms with van der Waals surface area (Å²) in [6.07, 6.45) is -0.139. The Hall–Kier alpha value is -1.76. The maximum atomic E-state index is 13.9. The second-order valence-corrected chi connectivity index (χ2v) is 6.77. The minimum Gasteiger partial charge on any atom is -0.444 e. The molecule has 1 aliphatic heterocycles. The highest BCUT2D eigenvalue weighted by Crippen LogP contribution is 2.31. The zero-order chi connectivity index (χ0) is 17.4. The molecule has 0 spiro atoms. The standard InChI is InChI=1S/C16H21F3N2O2/c1-16(2,3)23-15(22)21-5-4-9(14(20)8-21)10-6-12(18)13(19)7-11(10)17/h6-7,9,14H,4-5,8,20H2,1-3H3/t9-,14+/m1/s1. The van der Waals surface area contributed by atoms with Gasteiger partial charge < -0.3 is 15.4 Å². The monoisotopic (exact) mass is 330 g/mol. The highest BCUT2D eigenvalue weighted by molar-refractivity contribution is 5.68. The van der Waals surface area contributed by atoms with Crippen molar-refractivity contribution in [3.8, 4) is 0 Å². The molecule has 1 aliphatic rings. The maximum absolute atomic E-state index is 13.9. The normalized spacial score (nSPS) is 22.1. The van der Waals surface area contributed by atoms with Crippen molar-refractivity contribution in [1.29, 1.82) is 0 Å². The number of carbonyl (C=O) groups excluding carboxylic acids is 1. The number of hydrogen-bond acceptors (Lipinski definition) is 3. The molecule has 0 bridgehead atoms. The molecular formula is C16H21F3N2O2. The van der Waals surface area contributed by atoms with Gasteiger partial charge in [0, 0.05) is 31.1 Å². The van der Waals surface area contributed by atoms with Gasteiger partial charge in [0.25, 0.3) is 0 Å². The molecular weight excluding hydrogens is 309 g/mol. The predicted octanol–water partition coefficient (Wildman–Crippen LogP) is 3.16. The zero-order valence-electron chi connectivity index (χ0n) is 13.4. The van der Waals surface area contributed by atoms with Crippen LogP contribution in [0.15, 0.2) is 12.1 Å². The number of nitrogens with zero attached hydrogens (tertiary/aromatic N) is 1. The van der Waals surface area contributed by atoms with E-state index in [9.17, 15) is 18.0 Å². The number of halogens is 3. The summed E-state index contributed by atoms with van der Waals surface area (Å²) in [5.74, 6) is -3.65. The fourth-order valence-corrected chi connectivity index (χ4v) is 2.68. The molecule has 0 unspecified atom stereocenters. The van der Waals surface area contributed by atoms with Crippen molar-refractivity contribution >= 4 is 6.09 Å². The van der Waals surface area contributed by atoms with Gasteiger partial charge in [0.15, 0.2) is 11.6 Å². The number of hydrogen-bond donors (Lipinski definition) is 1. The van der Waals surface area contributed by atoms with E-state index in [0.29, 0.717) is 19.0 Å². The van der Waals surface area contributed by atoms with Crippen molar-refractivity contribution in [2.45, 2.75) is 44.8 Å². The lowest BCUT2D eigenvalue weighted by Gasteiger charge is -2.37. The zero-order valence-corrected chi connectivity index (χ0v) is 13.4. The number of benzene rings is 1. The minimum absolute atomic E-state index is 0.0419. The van der Waals surface area contributed by atoms with Crippen LogP contribution in [0.5, 0.6) is 0 Å². The molecule has 2 N–H and O–H groups in total. The largest absolute Gasteiger partial charge is 0.444 e. The number of amides is 1. The van der Waals surface area contributed by atoms with E-state index in [4.69, 9.17) is 10.5 Å². The van der Waals surface area contributed by atoms with Crippen LogP contribution in [0.25, 0.3) is 0 Å². The van der Waals surface area contributed by atoms with Crippen molar-refractivity contribution in [1.82, 2.24) is 4.90 Å². The lowest BCUT2D eigenvalue weighted by molar-refractivity contribution is 0.0185. The fraction of sp³-hybridized carbons (Fsp3) is 0.562. The Morgan fingerprint density at radius 1 is 1.22 bits per heavy atom. The molecule has 1 aromatic carbocycles. The van der Waals surface area contributed by atoms with Crippen molar-refractivity contribution in [2.24, 2.45) is 5.73 Å². The van der Waals surface area contributed by atoms with E-state index >= 15 is 0 Å². The van der Waals surface area contributed by atoms with Crippen LogP contribution in [-0.4, -0.2) is 35.7 Å². The van der Waals surface area contributed by atoms with Crippen LogP contribution in [0.3, 0.4) is 0 Å². The van der Waals surface area contributed by atoms with Gasteiger partial charge in [0.1, 0.15) is 11.4 Å². The van der Waals surface area contributed by atoms with Gasteiger partial charge in [0.2, 0.25) is 0 Å².